The van der Waals surface area contributed by atoms with Gasteiger partial charge in [0.15, 0.2) is 0 Å². The Bertz CT molecular complexity index is 395. The Morgan fingerprint density at radius 2 is 1.85 bits per heavy atom. The van der Waals surface area contributed by atoms with Crippen LogP contribution < -0.4 is 0 Å². The first-order valence-corrected chi connectivity index (χ1v) is 3.51. The number of carbonyl (C=O) groups is 1. The SMILES string of the molecule is CC#CC#CC#C/C=C(\C)C(=O)O. The molecule has 0 aromatic carbocycles. The molecule has 0 saturated carbocycles. The summed E-state index contributed by atoms with van der Waals surface area (Å²) in [5.41, 5.74) is 0.191. The summed E-state index contributed by atoms with van der Waals surface area (Å²) in [7, 11) is 0. The second-order valence-corrected chi connectivity index (χ2v) is 2.03. The van der Waals surface area contributed by atoms with Gasteiger partial charge in [-0.05, 0) is 43.6 Å². The molecule has 0 aliphatic heterocycles. The van der Waals surface area contributed by atoms with E-state index in [9.17, 15) is 4.79 Å². The molecule has 0 bridgehead atoms. The molecule has 0 radical (unpaired) electrons. The fourth-order valence-electron chi connectivity index (χ4n) is 0.367. The Balaban J connectivity index is 4.30. The quantitative estimate of drug-likeness (QED) is 0.474. The van der Waals surface area contributed by atoms with E-state index in [1.165, 1.54) is 13.0 Å². The van der Waals surface area contributed by atoms with Gasteiger partial charge in [-0.15, -0.1) is 0 Å². The first-order valence-electron chi connectivity index (χ1n) is 3.51. The minimum atomic E-state index is -0.976. The van der Waals surface area contributed by atoms with Crippen LogP contribution in [0.5, 0.6) is 0 Å². The average molecular weight is 172 g/mol. The van der Waals surface area contributed by atoms with E-state index in [1.807, 2.05) is 0 Å². The van der Waals surface area contributed by atoms with Gasteiger partial charge < -0.3 is 5.11 Å². The number of hydrogen-bond donors (Lipinski definition) is 1. The van der Waals surface area contributed by atoms with Gasteiger partial charge in [-0.2, -0.15) is 0 Å². The Morgan fingerprint density at radius 3 is 2.38 bits per heavy atom. The number of carboxylic acids is 1. The molecule has 0 fully saturated rings. The van der Waals surface area contributed by atoms with Crippen LogP contribution in [0.3, 0.4) is 0 Å². The molecule has 0 unspecified atom stereocenters. The molecule has 64 valence electrons. The van der Waals surface area contributed by atoms with Crippen molar-refractivity contribution in [2.75, 3.05) is 0 Å². The maximum absolute atomic E-state index is 10.3. The summed E-state index contributed by atoms with van der Waals surface area (Å²) in [5, 5.41) is 8.43. The zero-order valence-corrected chi connectivity index (χ0v) is 7.43. The maximum Gasteiger partial charge on any atom is 0.331 e. The topological polar surface area (TPSA) is 37.3 Å². The zero-order valence-electron chi connectivity index (χ0n) is 7.43. The Morgan fingerprint density at radius 1 is 1.23 bits per heavy atom. The first-order chi connectivity index (χ1) is 6.18. The van der Waals surface area contributed by atoms with E-state index in [4.69, 9.17) is 5.11 Å². The van der Waals surface area contributed by atoms with Crippen LogP contribution in [-0.2, 0) is 4.79 Å². The van der Waals surface area contributed by atoms with E-state index in [1.54, 1.807) is 6.92 Å². The lowest BCUT2D eigenvalue weighted by atomic mass is 10.3. The third-order valence-corrected chi connectivity index (χ3v) is 1.01. The van der Waals surface area contributed by atoms with Crippen LogP contribution >= 0.6 is 0 Å². The van der Waals surface area contributed by atoms with Crippen molar-refractivity contribution in [3.05, 3.63) is 11.6 Å². The van der Waals surface area contributed by atoms with Gasteiger partial charge in [-0.1, -0.05) is 11.8 Å². The Labute approximate surface area is 77.7 Å². The van der Waals surface area contributed by atoms with Crippen molar-refractivity contribution in [3.63, 3.8) is 0 Å². The molecule has 2 heteroatoms. The number of aliphatic carboxylic acids is 1. The molecule has 0 amide bonds. The van der Waals surface area contributed by atoms with E-state index >= 15 is 0 Å². The van der Waals surface area contributed by atoms with Gasteiger partial charge >= 0.3 is 5.97 Å². The van der Waals surface area contributed by atoms with Crippen LogP contribution in [0.15, 0.2) is 11.6 Å². The third-order valence-electron chi connectivity index (χ3n) is 1.01. The predicted molar refractivity (Wildman–Crippen MR) is 50.4 cm³/mol. The van der Waals surface area contributed by atoms with Crippen molar-refractivity contribution < 1.29 is 9.90 Å². The van der Waals surface area contributed by atoms with Crippen LogP contribution in [0.2, 0.25) is 0 Å². The number of hydrogen-bond acceptors (Lipinski definition) is 1. The Kier molecular flexibility index (Phi) is 5.52. The van der Waals surface area contributed by atoms with E-state index in [0.717, 1.165) is 0 Å². The number of carboxylic acid groups (broad SMARTS) is 1. The van der Waals surface area contributed by atoms with Gasteiger partial charge in [-0.25, -0.2) is 4.79 Å². The molecular formula is C11H8O2. The van der Waals surface area contributed by atoms with Crippen LogP contribution in [0.1, 0.15) is 13.8 Å². The predicted octanol–water partition coefficient (Wildman–Crippen LogP) is 1.05. The molecule has 0 heterocycles. The normalized spacial score (nSPS) is 8.00. The molecule has 0 atom stereocenters. The maximum atomic E-state index is 10.3. The van der Waals surface area contributed by atoms with Crippen molar-refractivity contribution >= 4 is 5.97 Å². The van der Waals surface area contributed by atoms with Crippen molar-refractivity contribution in [1.82, 2.24) is 0 Å². The molecule has 0 aliphatic rings. The highest BCUT2D eigenvalue weighted by Crippen LogP contribution is 1.88. The lowest BCUT2D eigenvalue weighted by Crippen LogP contribution is -1.94. The minimum absolute atomic E-state index is 0.191. The molecule has 0 spiro atoms. The van der Waals surface area contributed by atoms with Crippen LogP contribution in [0.25, 0.3) is 0 Å². The molecule has 0 saturated heterocycles. The van der Waals surface area contributed by atoms with E-state index in [0.29, 0.717) is 0 Å². The molecule has 0 rings (SSSR count). The zero-order chi connectivity index (χ0) is 10.1. The van der Waals surface area contributed by atoms with Crippen LogP contribution in [-0.4, -0.2) is 11.1 Å². The van der Waals surface area contributed by atoms with E-state index in [-0.39, 0.29) is 5.57 Å². The monoisotopic (exact) mass is 172 g/mol. The van der Waals surface area contributed by atoms with Crippen molar-refractivity contribution in [2.24, 2.45) is 0 Å². The van der Waals surface area contributed by atoms with Crippen molar-refractivity contribution in [2.45, 2.75) is 13.8 Å². The van der Waals surface area contributed by atoms with Crippen molar-refractivity contribution in [1.29, 1.82) is 0 Å². The van der Waals surface area contributed by atoms with Gasteiger partial charge in [0.2, 0.25) is 0 Å². The summed E-state index contributed by atoms with van der Waals surface area (Å²) in [5.74, 6) is 14.0. The van der Waals surface area contributed by atoms with Crippen LogP contribution in [0.4, 0.5) is 0 Å². The molecule has 0 aromatic heterocycles. The lowest BCUT2D eigenvalue weighted by molar-refractivity contribution is -0.132. The second kappa shape index (κ2) is 6.59. The smallest absolute Gasteiger partial charge is 0.331 e. The largest absolute Gasteiger partial charge is 0.478 e. The average Bonchev–Trinajstić information content (AvgIpc) is 2.10. The Hall–Kier alpha value is -2.11. The summed E-state index contributed by atoms with van der Waals surface area (Å²) in [6.07, 6.45) is 1.30. The highest BCUT2D eigenvalue weighted by Gasteiger charge is 1.95. The summed E-state index contributed by atoms with van der Waals surface area (Å²) >= 11 is 0. The first kappa shape index (κ1) is 10.9. The fourth-order valence-corrected chi connectivity index (χ4v) is 0.367. The summed E-state index contributed by atoms with van der Waals surface area (Å²) in [6.45, 7) is 3.15. The highest BCUT2D eigenvalue weighted by molar-refractivity contribution is 5.86. The van der Waals surface area contributed by atoms with E-state index in [2.05, 4.69) is 35.5 Å². The second-order valence-electron chi connectivity index (χ2n) is 2.03. The van der Waals surface area contributed by atoms with Gasteiger partial charge in [0, 0.05) is 5.57 Å². The molecule has 0 aromatic rings. The van der Waals surface area contributed by atoms with Gasteiger partial charge in [0.1, 0.15) is 0 Å². The number of allylic oxidation sites excluding steroid dienone is 1. The molecule has 0 aliphatic carbocycles. The van der Waals surface area contributed by atoms with Crippen molar-refractivity contribution in [3.8, 4) is 35.5 Å². The van der Waals surface area contributed by atoms with Gasteiger partial charge in [0.25, 0.3) is 0 Å². The highest BCUT2D eigenvalue weighted by atomic mass is 16.4. The summed E-state index contributed by atoms with van der Waals surface area (Å²) in [6, 6.07) is 0. The summed E-state index contributed by atoms with van der Waals surface area (Å²) in [4.78, 5) is 10.3. The number of rotatable bonds is 1. The standard InChI is InChI=1S/C11H8O2/c1-3-4-5-6-7-8-9-10(2)11(12)13/h9H,1-2H3,(H,12,13)/b10-9+. The fraction of sp³-hybridized carbons (Fsp3) is 0.182. The third kappa shape index (κ3) is 6.29. The molecular weight excluding hydrogens is 164 g/mol. The van der Waals surface area contributed by atoms with Gasteiger partial charge in [-0.3, -0.25) is 0 Å². The minimum Gasteiger partial charge on any atom is -0.478 e. The summed E-state index contributed by atoms with van der Waals surface area (Å²) < 4.78 is 0. The lowest BCUT2D eigenvalue weighted by Gasteiger charge is -1.84. The van der Waals surface area contributed by atoms with Crippen LogP contribution in [0, 0.1) is 35.5 Å². The van der Waals surface area contributed by atoms with E-state index < -0.39 is 5.97 Å². The molecule has 1 N–H and O–H groups in total. The van der Waals surface area contributed by atoms with Gasteiger partial charge in [0.05, 0.1) is 0 Å². The molecule has 13 heavy (non-hydrogen) atoms. The molecule has 2 nitrogen and oxygen atoms in total.